The summed E-state index contributed by atoms with van der Waals surface area (Å²) in [5, 5.41) is 0. The first-order chi connectivity index (χ1) is 17.7. The molecule has 0 spiro atoms. The monoisotopic (exact) mass is 520 g/mol. The van der Waals surface area contributed by atoms with Crippen LogP contribution in [-0.2, 0) is 14.3 Å². The summed E-state index contributed by atoms with van der Waals surface area (Å²) >= 11 is 0. The van der Waals surface area contributed by atoms with Gasteiger partial charge in [0.05, 0.1) is 11.1 Å². The molecular formula is C28H48N4O5. The van der Waals surface area contributed by atoms with Crippen LogP contribution in [0.5, 0.6) is 0 Å². The van der Waals surface area contributed by atoms with Gasteiger partial charge in [-0.2, -0.15) is 0 Å². The number of imide groups is 2. The Kier molecular flexibility index (Phi) is 11.6. The predicted octanol–water partition coefficient (Wildman–Crippen LogP) is 4.81. The van der Waals surface area contributed by atoms with E-state index in [1.807, 2.05) is 20.8 Å². The molecule has 0 N–H and O–H groups in total. The Labute approximate surface area is 223 Å². The average Bonchev–Trinajstić information content (AvgIpc) is 3.37. The van der Waals surface area contributed by atoms with Gasteiger partial charge in [0.2, 0.25) is 0 Å². The van der Waals surface area contributed by atoms with Crippen molar-refractivity contribution in [2.24, 2.45) is 0 Å². The number of hydrogen-bond donors (Lipinski definition) is 0. The van der Waals surface area contributed by atoms with Crippen molar-refractivity contribution in [1.82, 2.24) is 19.6 Å². The minimum atomic E-state index is -0.653. The molecule has 0 aromatic heterocycles. The van der Waals surface area contributed by atoms with E-state index in [0.717, 1.165) is 44.9 Å². The molecule has 2 fully saturated rings. The molecule has 9 nitrogen and oxygen atoms in total. The average molecular weight is 521 g/mol. The van der Waals surface area contributed by atoms with Gasteiger partial charge in [0, 0.05) is 26.3 Å². The molecule has 0 bridgehead atoms. The van der Waals surface area contributed by atoms with Gasteiger partial charge >= 0.3 is 12.1 Å². The molecule has 0 aliphatic carbocycles. The molecule has 1 atom stereocenters. The van der Waals surface area contributed by atoms with Crippen LogP contribution in [0.1, 0.15) is 92.4 Å². The summed E-state index contributed by atoms with van der Waals surface area (Å²) in [6.07, 6.45) is 8.76. The normalized spacial score (nSPS) is 18.4. The highest BCUT2D eigenvalue weighted by molar-refractivity contribution is 6.03. The maximum Gasteiger partial charge on any atom is 0.327 e. The van der Waals surface area contributed by atoms with Gasteiger partial charge in [-0.15, -0.1) is 6.58 Å². The zero-order chi connectivity index (χ0) is 27.6. The predicted molar refractivity (Wildman–Crippen MR) is 144 cm³/mol. The topological polar surface area (TPSA) is 90.5 Å². The number of nitrogens with zero attached hydrogens (tertiary/aromatic N) is 4. The zero-order valence-electron chi connectivity index (χ0n) is 23.7. The molecule has 2 aliphatic heterocycles. The molecule has 2 rings (SSSR count). The number of urea groups is 2. The van der Waals surface area contributed by atoms with Crippen molar-refractivity contribution < 1.29 is 23.9 Å². The van der Waals surface area contributed by atoms with Crippen molar-refractivity contribution >= 4 is 23.9 Å². The third-order valence-electron chi connectivity index (χ3n) is 8.40. The third kappa shape index (κ3) is 6.54. The fourth-order valence-electron chi connectivity index (χ4n) is 5.71. The first kappa shape index (κ1) is 30.8. The van der Waals surface area contributed by atoms with E-state index in [1.54, 1.807) is 15.9 Å². The third-order valence-corrected chi connectivity index (χ3v) is 8.40. The molecule has 0 saturated carbocycles. The summed E-state index contributed by atoms with van der Waals surface area (Å²) in [5.41, 5.74) is -1.08. The summed E-state index contributed by atoms with van der Waals surface area (Å²) < 4.78 is 5.86. The number of carbonyl (C=O) groups is 4. The van der Waals surface area contributed by atoms with E-state index in [-0.39, 0.29) is 37.0 Å². The number of ether oxygens (including phenoxy) is 1. The van der Waals surface area contributed by atoms with Gasteiger partial charge in [0.1, 0.15) is 13.1 Å². The molecule has 0 aromatic carbocycles. The van der Waals surface area contributed by atoms with Gasteiger partial charge in [-0.1, -0.05) is 26.8 Å². The van der Waals surface area contributed by atoms with E-state index < -0.39 is 11.1 Å². The first-order valence-corrected chi connectivity index (χ1v) is 14.2. The molecule has 0 radical (unpaired) electrons. The van der Waals surface area contributed by atoms with E-state index in [4.69, 9.17) is 4.74 Å². The molecular weight excluding hydrogens is 472 g/mol. The number of amides is 6. The van der Waals surface area contributed by atoms with Gasteiger partial charge in [-0.05, 0) is 71.6 Å². The Bertz CT molecular complexity index is 827. The summed E-state index contributed by atoms with van der Waals surface area (Å²) in [7, 11) is 0. The molecule has 0 aromatic rings. The second-order valence-corrected chi connectivity index (χ2v) is 10.2. The molecule has 2 aliphatic rings. The Balaban J connectivity index is 1.76. The van der Waals surface area contributed by atoms with Gasteiger partial charge in [-0.25, -0.2) is 9.59 Å². The van der Waals surface area contributed by atoms with Crippen LogP contribution in [0.2, 0.25) is 0 Å². The number of unbranched alkanes of at least 4 members (excludes halogenated alkanes) is 2. The molecule has 1 unspecified atom stereocenters. The SMILES string of the molecule is C=CC(CC)(CCCCOCCCCC(CC)(CC)N1C(=O)CN(CC)C1=O)N1C(=O)CN(CC)C1=O. The maximum atomic E-state index is 12.8. The number of hydrogen-bond acceptors (Lipinski definition) is 5. The lowest BCUT2D eigenvalue weighted by atomic mass is 9.85. The summed E-state index contributed by atoms with van der Waals surface area (Å²) in [4.78, 5) is 56.8. The highest BCUT2D eigenvalue weighted by atomic mass is 16.5. The van der Waals surface area contributed by atoms with Gasteiger partial charge < -0.3 is 14.5 Å². The van der Waals surface area contributed by atoms with E-state index in [0.29, 0.717) is 39.1 Å². The fourth-order valence-corrected chi connectivity index (χ4v) is 5.71. The highest BCUT2D eigenvalue weighted by Gasteiger charge is 2.47. The second-order valence-electron chi connectivity index (χ2n) is 10.2. The van der Waals surface area contributed by atoms with E-state index in [2.05, 4.69) is 20.4 Å². The molecule has 210 valence electrons. The lowest BCUT2D eigenvalue weighted by molar-refractivity contribution is -0.130. The molecule has 37 heavy (non-hydrogen) atoms. The Morgan fingerprint density at radius 1 is 0.730 bits per heavy atom. The largest absolute Gasteiger partial charge is 0.381 e. The van der Waals surface area contributed by atoms with Crippen LogP contribution >= 0.6 is 0 Å². The Hall–Kier alpha value is -2.42. The van der Waals surface area contributed by atoms with Gasteiger partial charge in [-0.3, -0.25) is 19.4 Å². The van der Waals surface area contributed by atoms with Gasteiger partial charge in [0.15, 0.2) is 0 Å². The molecule has 2 saturated heterocycles. The van der Waals surface area contributed by atoms with Crippen molar-refractivity contribution in [3.8, 4) is 0 Å². The number of rotatable bonds is 18. The zero-order valence-corrected chi connectivity index (χ0v) is 23.7. The van der Waals surface area contributed by atoms with Crippen LogP contribution in [0.15, 0.2) is 12.7 Å². The van der Waals surface area contributed by atoms with Crippen LogP contribution in [-0.4, -0.2) is 93.9 Å². The number of carbonyl (C=O) groups excluding carboxylic acids is 4. The van der Waals surface area contributed by atoms with Crippen LogP contribution in [0, 0.1) is 0 Å². The summed E-state index contributed by atoms with van der Waals surface area (Å²) in [5.74, 6) is -0.242. The van der Waals surface area contributed by atoms with Crippen LogP contribution in [0.25, 0.3) is 0 Å². The lowest BCUT2D eigenvalue weighted by Gasteiger charge is -2.39. The van der Waals surface area contributed by atoms with Gasteiger partial charge in [0.25, 0.3) is 11.8 Å². The van der Waals surface area contributed by atoms with Crippen molar-refractivity contribution in [3.05, 3.63) is 12.7 Å². The lowest BCUT2D eigenvalue weighted by Crippen LogP contribution is -2.51. The van der Waals surface area contributed by atoms with Crippen molar-refractivity contribution in [2.45, 2.75) is 103 Å². The van der Waals surface area contributed by atoms with Crippen LogP contribution in [0.3, 0.4) is 0 Å². The smallest absolute Gasteiger partial charge is 0.327 e. The Morgan fingerprint density at radius 3 is 1.65 bits per heavy atom. The van der Waals surface area contributed by atoms with E-state index in [9.17, 15) is 19.2 Å². The van der Waals surface area contributed by atoms with Crippen LogP contribution in [0.4, 0.5) is 9.59 Å². The standard InChI is InChI=1S/C28H48N4O5/c1-7-27(8-2,31-23(33)21-29(11-5)25(31)35)17-13-15-19-37-20-16-14-18-28(9-3,10-4)32-24(34)22-30(12-6)26(32)36/h7H,1,8-22H2,2-6H3. The van der Waals surface area contributed by atoms with Crippen molar-refractivity contribution in [2.75, 3.05) is 39.4 Å². The fraction of sp³-hybridized carbons (Fsp3) is 0.786. The summed E-state index contributed by atoms with van der Waals surface area (Å²) in [6, 6.07) is -0.379. The summed E-state index contributed by atoms with van der Waals surface area (Å²) in [6.45, 7) is 16.5. The molecule has 2 heterocycles. The molecule has 9 heteroatoms. The van der Waals surface area contributed by atoms with Crippen molar-refractivity contribution in [3.63, 3.8) is 0 Å². The van der Waals surface area contributed by atoms with E-state index in [1.165, 1.54) is 9.80 Å². The Morgan fingerprint density at radius 2 is 1.22 bits per heavy atom. The number of likely N-dealkylation sites (N-methyl/N-ethyl adjacent to an activating group) is 2. The van der Waals surface area contributed by atoms with Crippen LogP contribution < -0.4 is 0 Å². The highest BCUT2D eigenvalue weighted by Crippen LogP contribution is 2.34. The second kappa shape index (κ2) is 13.9. The maximum absolute atomic E-state index is 12.8. The minimum Gasteiger partial charge on any atom is -0.381 e. The molecule has 6 amide bonds. The minimum absolute atomic E-state index is 0.0887. The van der Waals surface area contributed by atoms with Crippen molar-refractivity contribution in [1.29, 1.82) is 0 Å². The first-order valence-electron chi connectivity index (χ1n) is 14.2. The van der Waals surface area contributed by atoms with E-state index >= 15 is 0 Å². The quantitative estimate of drug-likeness (QED) is 0.147.